The van der Waals surface area contributed by atoms with Gasteiger partial charge in [-0.2, -0.15) is 0 Å². The highest BCUT2D eigenvalue weighted by molar-refractivity contribution is 7.92. The van der Waals surface area contributed by atoms with Gasteiger partial charge in [0.15, 0.2) is 0 Å². The van der Waals surface area contributed by atoms with Crippen molar-refractivity contribution in [3.63, 3.8) is 0 Å². The molecule has 0 amide bonds. The van der Waals surface area contributed by atoms with E-state index in [4.69, 9.17) is 0 Å². The van der Waals surface area contributed by atoms with Crippen molar-refractivity contribution in [2.75, 3.05) is 4.72 Å². The molecule has 0 spiro atoms. The molecule has 0 fully saturated rings. The summed E-state index contributed by atoms with van der Waals surface area (Å²) in [5.41, 5.74) is 3.66. The molecule has 0 aliphatic rings. The van der Waals surface area contributed by atoms with E-state index in [0.717, 1.165) is 17.5 Å². The van der Waals surface area contributed by atoms with Crippen molar-refractivity contribution in [1.82, 2.24) is 0 Å². The Hall–Kier alpha value is -1.81. The number of hydrogen-bond acceptors (Lipinski definition) is 2. The predicted molar refractivity (Wildman–Crippen MR) is 82.5 cm³/mol. The van der Waals surface area contributed by atoms with E-state index in [2.05, 4.69) is 11.6 Å². The van der Waals surface area contributed by atoms with Crippen LogP contribution < -0.4 is 4.72 Å². The van der Waals surface area contributed by atoms with Crippen LogP contribution in [-0.4, -0.2) is 8.42 Å². The summed E-state index contributed by atoms with van der Waals surface area (Å²) in [4.78, 5) is 0.317. The van der Waals surface area contributed by atoms with Crippen LogP contribution >= 0.6 is 0 Å². The number of benzene rings is 2. The summed E-state index contributed by atoms with van der Waals surface area (Å²) >= 11 is 0. The largest absolute Gasteiger partial charge is 0.280 e. The fourth-order valence-corrected chi connectivity index (χ4v) is 3.52. The normalized spacial score (nSPS) is 11.3. The molecular weight excluding hydrogens is 270 g/mol. The van der Waals surface area contributed by atoms with Gasteiger partial charge in [0.1, 0.15) is 0 Å². The van der Waals surface area contributed by atoms with Crippen molar-refractivity contribution in [2.45, 2.75) is 32.1 Å². The molecule has 0 saturated carbocycles. The third-order valence-electron chi connectivity index (χ3n) is 3.36. The van der Waals surface area contributed by atoms with Crippen LogP contribution in [0, 0.1) is 13.8 Å². The van der Waals surface area contributed by atoms with Gasteiger partial charge in [-0.1, -0.05) is 31.2 Å². The van der Waals surface area contributed by atoms with E-state index in [9.17, 15) is 8.42 Å². The van der Waals surface area contributed by atoms with E-state index in [1.807, 2.05) is 31.2 Å². The van der Waals surface area contributed by atoms with Crippen molar-refractivity contribution in [3.8, 4) is 0 Å². The second-order valence-corrected chi connectivity index (χ2v) is 6.52. The summed E-state index contributed by atoms with van der Waals surface area (Å²) < 4.78 is 27.4. The van der Waals surface area contributed by atoms with Crippen molar-refractivity contribution in [1.29, 1.82) is 0 Å². The molecular formula is C16H19NO2S. The molecule has 0 heterocycles. The number of aryl methyl sites for hydroxylation is 3. The summed E-state index contributed by atoms with van der Waals surface area (Å²) in [6.45, 7) is 5.86. The lowest BCUT2D eigenvalue weighted by atomic mass is 10.1. The van der Waals surface area contributed by atoms with Gasteiger partial charge in [-0.15, -0.1) is 0 Å². The van der Waals surface area contributed by atoms with Gasteiger partial charge in [0.2, 0.25) is 0 Å². The molecule has 20 heavy (non-hydrogen) atoms. The zero-order chi connectivity index (χ0) is 14.8. The summed E-state index contributed by atoms with van der Waals surface area (Å²) in [5, 5.41) is 0. The third-order valence-corrected chi connectivity index (χ3v) is 4.90. The Morgan fingerprint density at radius 2 is 1.70 bits per heavy atom. The van der Waals surface area contributed by atoms with Gasteiger partial charge < -0.3 is 0 Å². The van der Waals surface area contributed by atoms with Crippen LogP contribution in [0.1, 0.15) is 23.6 Å². The van der Waals surface area contributed by atoms with E-state index in [1.54, 1.807) is 25.1 Å². The highest BCUT2D eigenvalue weighted by Crippen LogP contribution is 2.21. The molecule has 1 N–H and O–H groups in total. The smallest absolute Gasteiger partial charge is 0.262 e. The van der Waals surface area contributed by atoms with E-state index in [0.29, 0.717) is 10.6 Å². The van der Waals surface area contributed by atoms with Gasteiger partial charge in [0.05, 0.1) is 4.90 Å². The summed E-state index contributed by atoms with van der Waals surface area (Å²) in [5.74, 6) is 0. The molecule has 0 aliphatic carbocycles. The predicted octanol–water partition coefficient (Wildman–Crippen LogP) is 3.67. The van der Waals surface area contributed by atoms with E-state index in [1.165, 1.54) is 5.56 Å². The number of anilines is 1. The topological polar surface area (TPSA) is 46.2 Å². The van der Waals surface area contributed by atoms with Gasteiger partial charge in [-0.25, -0.2) is 8.42 Å². The van der Waals surface area contributed by atoms with Gasteiger partial charge in [0.25, 0.3) is 10.0 Å². The maximum absolute atomic E-state index is 12.4. The third kappa shape index (κ3) is 3.02. The lowest BCUT2D eigenvalue weighted by Crippen LogP contribution is -2.14. The lowest BCUT2D eigenvalue weighted by molar-refractivity contribution is 0.600. The highest BCUT2D eigenvalue weighted by Gasteiger charge is 2.16. The molecule has 0 radical (unpaired) electrons. The van der Waals surface area contributed by atoms with Crippen LogP contribution in [0.4, 0.5) is 5.69 Å². The Balaban J connectivity index is 2.34. The van der Waals surface area contributed by atoms with Crippen LogP contribution in [0.25, 0.3) is 0 Å². The molecule has 0 unspecified atom stereocenters. The van der Waals surface area contributed by atoms with Gasteiger partial charge in [-0.05, 0) is 55.2 Å². The first-order valence-corrected chi connectivity index (χ1v) is 8.10. The zero-order valence-electron chi connectivity index (χ0n) is 12.0. The molecule has 2 aromatic carbocycles. The average molecular weight is 289 g/mol. The molecule has 3 nitrogen and oxygen atoms in total. The molecule has 0 bridgehead atoms. The SMILES string of the molecule is CCc1ccc(NS(=O)(=O)c2ccccc2C)cc1C. The second-order valence-electron chi connectivity index (χ2n) is 4.87. The second kappa shape index (κ2) is 5.67. The van der Waals surface area contributed by atoms with Crippen LogP contribution in [0.5, 0.6) is 0 Å². The lowest BCUT2D eigenvalue weighted by Gasteiger charge is -2.12. The van der Waals surface area contributed by atoms with Crippen LogP contribution in [0.15, 0.2) is 47.4 Å². The quantitative estimate of drug-likeness (QED) is 0.933. The fourth-order valence-electron chi connectivity index (χ4n) is 2.22. The van der Waals surface area contributed by atoms with Gasteiger partial charge in [0, 0.05) is 5.69 Å². The van der Waals surface area contributed by atoms with E-state index >= 15 is 0 Å². The zero-order valence-corrected chi connectivity index (χ0v) is 12.8. The number of hydrogen-bond donors (Lipinski definition) is 1. The monoisotopic (exact) mass is 289 g/mol. The molecule has 4 heteroatoms. The first-order chi connectivity index (χ1) is 9.44. The Morgan fingerprint density at radius 1 is 1.00 bits per heavy atom. The van der Waals surface area contributed by atoms with E-state index in [-0.39, 0.29) is 0 Å². The Kier molecular flexibility index (Phi) is 4.14. The average Bonchev–Trinajstić information content (AvgIpc) is 2.38. The molecule has 0 aliphatic heterocycles. The van der Waals surface area contributed by atoms with E-state index < -0.39 is 10.0 Å². The molecule has 106 valence electrons. The Bertz CT molecular complexity index is 721. The Morgan fingerprint density at radius 3 is 2.30 bits per heavy atom. The minimum absolute atomic E-state index is 0.317. The molecule has 0 atom stereocenters. The van der Waals surface area contributed by atoms with Crippen molar-refractivity contribution in [3.05, 3.63) is 59.2 Å². The molecule has 2 aromatic rings. The summed E-state index contributed by atoms with van der Waals surface area (Å²) in [6.07, 6.45) is 0.941. The fraction of sp³-hybridized carbons (Fsp3) is 0.250. The standard InChI is InChI=1S/C16H19NO2S/c1-4-14-9-10-15(11-13(14)3)17-20(18,19)16-8-6-5-7-12(16)2/h5-11,17H,4H2,1-3H3. The number of nitrogens with one attached hydrogen (secondary N) is 1. The molecule has 0 aromatic heterocycles. The maximum Gasteiger partial charge on any atom is 0.262 e. The molecule has 0 saturated heterocycles. The first-order valence-electron chi connectivity index (χ1n) is 6.62. The van der Waals surface area contributed by atoms with Crippen LogP contribution in [-0.2, 0) is 16.4 Å². The van der Waals surface area contributed by atoms with Crippen LogP contribution in [0.2, 0.25) is 0 Å². The van der Waals surface area contributed by atoms with Crippen molar-refractivity contribution in [2.24, 2.45) is 0 Å². The van der Waals surface area contributed by atoms with Crippen molar-refractivity contribution < 1.29 is 8.42 Å². The number of rotatable bonds is 4. The summed E-state index contributed by atoms with van der Waals surface area (Å²) in [6, 6.07) is 12.6. The van der Waals surface area contributed by atoms with Crippen LogP contribution in [0.3, 0.4) is 0 Å². The maximum atomic E-state index is 12.4. The van der Waals surface area contributed by atoms with Gasteiger partial charge >= 0.3 is 0 Å². The summed E-state index contributed by atoms with van der Waals surface area (Å²) in [7, 11) is -3.53. The minimum Gasteiger partial charge on any atom is -0.280 e. The van der Waals surface area contributed by atoms with Gasteiger partial charge in [-0.3, -0.25) is 4.72 Å². The Labute approximate surface area is 120 Å². The first kappa shape index (κ1) is 14.6. The number of sulfonamides is 1. The highest BCUT2D eigenvalue weighted by atomic mass is 32.2. The minimum atomic E-state index is -3.53. The molecule has 2 rings (SSSR count). The van der Waals surface area contributed by atoms with Crippen molar-refractivity contribution >= 4 is 15.7 Å².